The lowest BCUT2D eigenvalue weighted by Crippen LogP contribution is -2.37. The van der Waals surface area contributed by atoms with Gasteiger partial charge in [0.25, 0.3) is 5.91 Å². The minimum atomic E-state index is 0.173. The van der Waals surface area contributed by atoms with Crippen LogP contribution in [0.25, 0.3) is 11.1 Å². The van der Waals surface area contributed by atoms with Gasteiger partial charge < -0.3 is 14.5 Å². The van der Waals surface area contributed by atoms with Crippen molar-refractivity contribution in [1.82, 2.24) is 9.88 Å². The van der Waals surface area contributed by atoms with E-state index < -0.39 is 0 Å². The van der Waals surface area contributed by atoms with Crippen molar-refractivity contribution in [3.05, 3.63) is 35.5 Å². The van der Waals surface area contributed by atoms with E-state index in [4.69, 9.17) is 4.74 Å². The van der Waals surface area contributed by atoms with E-state index in [1.54, 1.807) is 17.5 Å². The molecule has 2 aromatic rings. The fourth-order valence-corrected chi connectivity index (χ4v) is 4.78. The highest BCUT2D eigenvalue weighted by atomic mass is 32.1. The second-order valence-corrected chi connectivity index (χ2v) is 8.18. The molecule has 2 saturated heterocycles. The van der Waals surface area contributed by atoms with Crippen LogP contribution in [0, 0.1) is 5.92 Å². The number of carbonyl (C=O) groups is 1. The van der Waals surface area contributed by atoms with Crippen LogP contribution in [-0.2, 0) is 4.74 Å². The highest BCUT2D eigenvalue weighted by Gasteiger charge is 2.26. The van der Waals surface area contributed by atoms with Crippen molar-refractivity contribution in [3.63, 3.8) is 0 Å². The fourth-order valence-electron chi connectivity index (χ4n) is 3.58. The topological polar surface area (TPSA) is 45.7 Å². The first-order chi connectivity index (χ1) is 12.7. The van der Waals surface area contributed by atoms with E-state index in [0.717, 1.165) is 79.2 Å². The van der Waals surface area contributed by atoms with Gasteiger partial charge in [-0.15, -0.1) is 11.3 Å². The molecule has 5 nitrogen and oxygen atoms in total. The van der Waals surface area contributed by atoms with Crippen molar-refractivity contribution in [2.24, 2.45) is 5.92 Å². The van der Waals surface area contributed by atoms with Crippen molar-refractivity contribution >= 4 is 22.2 Å². The largest absolute Gasteiger partial charge is 0.378 e. The summed E-state index contributed by atoms with van der Waals surface area (Å²) in [5.41, 5.74) is 2.18. The number of pyridine rings is 1. The van der Waals surface area contributed by atoms with E-state index in [2.05, 4.69) is 28.9 Å². The number of hydrogen-bond donors (Lipinski definition) is 0. The molecule has 0 radical (unpaired) electrons. The maximum absolute atomic E-state index is 13.1. The summed E-state index contributed by atoms with van der Waals surface area (Å²) in [4.78, 5) is 22.5. The molecule has 0 spiro atoms. The highest BCUT2D eigenvalue weighted by molar-refractivity contribution is 7.18. The summed E-state index contributed by atoms with van der Waals surface area (Å²) < 4.78 is 5.50. The number of nitrogens with zero attached hydrogens (tertiary/aromatic N) is 3. The SMILES string of the molecule is CC1CCN(C(=O)c2cc(-c3cccnc3)c(N3CCOCC3)s2)CC1. The first-order valence-electron chi connectivity index (χ1n) is 9.38. The van der Waals surface area contributed by atoms with Gasteiger partial charge in [-0.1, -0.05) is 13.0 Å². The molecule has 4 rings (SSSR count). The second kappa shape index (κ2) is 7.76. The number of ether oxygens (including phenoxy) is 1. The third-order valence-electron chi connectivity index (χ3n) is 5.26. The predicted octanol–water partition coefficient (Wildman–Crippen LogP) is 3.52. The molecule has 0 N–H and O–H groups in total. The number of likely N-dealkylation sites (tertiary alicyclic amines) is 1. The maximum atomic E-state index is 13.1. The quantitative estimate of drug-likeness (QED) is 0.828. The van der Waals surface area contributed by atoms with Crippen LogP contribution in [0.3, 0.4) is 0 Å². The number of carbonyl (C=O) groups excluding carboxylic acids is 1. The molecule has 26 heavy (non-hydrogen) atoms. The first-order valence-corrected chi connectivity index (χ1v) is 10.2. The van der Waals surface area contributed by atoms with Gasteiger partial charge in [0.2, 0.25) is 0 Å². The van der Waals surface area contributed by atoms with Crippen molar-refractivity contribution in [2.75, 3.05) is 44.3 Å². The molecule has 0 aliphatic carbocycles. The van der Waals surface area contributed by atoms with Crippen LogP contribution in [0.15, 0.2) is 30.6 Å². The lowest BCUT2D eigenvalue weighted by Gasteiger charge is -2.30. The second-order valence-electron chi connectivity index (χ2n) is 7.15. The molecule has 0 bridgehead atoms. The minimum absolute atomic E-state index is 0.173. The van der Waals surface area contributed by atoms with Crippen molar-refractivity contribution in [2.45, 2.75) is 19.8 Å². The average molecular weight is 372 g/mol. The van der Waals surface area contributed by atoms with Gasteiger partial charge in [-0.3, -0.25) is 9.78 Å². The summed E-state index contributed by atoms with van der Waals surface area (Å²) in [5.74, 6) is 0.892. The molecule has 2 fully saturated rings. The normalized spacial score (nSPS) is 19.0. The Morgan fingerprint density at radius 3 is 2.69 bits per heavy atom. The maximum Gasteiger partial charge on any atom is 0.264 e. The van der Waals surface area contributed by atoms with E-state index in [1.165, 1.54) is 0 Å². The molecule has 6 heteroatoms. The van der Waals surface area contributed by atoms with E-state index in [0.29, 0.717) is 0 Å². The number of hydrogen-bond acceptors (Lipinski definition) is 5. The molecule has 2 aliphatic rings. The molecular formula is C20H25N3O2S. The number of thiophene rings is 1. The minimum Gasteiger partial charge on any atom is -0.378 e. The zero-order valence-corrected chi connectivity index (χ0v) is 16.0. The van der Waals surface area contributed by atoms with Crippen LogP contribution in [-0.4, -0.2) is 55.2 Å². The third-order valence-corrected chi connectivity index (χ3v) is 6.45. The standard InChI is InChI=1S/C20H25N3O2S/c1-15-4-7-22(8-5-15)19(24)18-13-17(16-3-2-6-21-14-16)20(26-18)23-9-11-25-12-10-23/h2-3,6,13-15H,4-5,7-12H2,1H3. The summed E-state index contributed by atoms with van der Waals surface area (Å²) in [5, 5.41) is 1.16. The molecule has 2 aliphatic heterocycles. The number of aromatic nitrogens is 1. The number of piperidine rings is 1. The van der Waals surface area contributed by atoms with Gasteiger partial charge in [-0.2, -0.15) is 0 Å². The van der Waals surface area contributed by atoms with Crippen LogP contribution in [0.4, 0.5) is 5.00 Å². The van der Waals surface area contributed by atoms with Crippen LogP contribution < -0.4 is 4.90 Å². The summed E-state index contributed by atoms with van der Waals surface area (Å²) in [7, 11) is 0. The Hall–Kier alpha value is -1.92. The lowest BCUT2D eigenvalue weighted by molar-refractivity contribution is 0.0702. The lowest BCUT2D eigenvalue weighted by atomic mass is 9.99. The fraction of sp³-hybridized carbons (Fsp3) is 0.500. The molecule has 2 aromatic heterocycles. The summed E-state index contributed by atoms with van der Waals surface area (Å²) >= 11 is 1.61. The summed E-state index contributed by atoms with van der Waals surface area (Å²) in [6.45, 7) is 7.20. The summed E-state index contributed by atoms with van der Waals surface area (Å²) in [6.07, 6.45) is 5.86. The van der Waals surface area contributed by atoms with Crippen molar-refractivity contribution in [1.29, 1.82) is 0 Å². The molecule has 0 saturated carbocycles. The van der Waals surface area contributed by atoms with Crippen LogP contribution in [0.5, 0.6) is 0 Å². The number of morpholine rings is 1. The van der Waals surface area contributed by atoms with Gasteiger partial charge in [0, 0.05) is 49.7 Å². The van der Waals surface area contributed by atoms with Crippen LogP contribution in [0.1, 0.15) is 29.4 Å². The Balaban J connectivity index is 1.65. The van der Waals surface area contributed by atoms with Crippen LogP contribution >= 0.6 is 11.3 Å². The average Bonchev–Trinajstić information content (AvgIpc) is 3.15. The first kappa shape index (κ1) is 17.5. The Morgan fingerprint density at radius 2 is 2.00 bits per heavy atom. The monoisotopic (exact) mass is 371 g/mol. The van der Waals surface area contributed by atoms with E-state index >= 15 is 0 Å². The molecular weight excluding hydrogens is 346 g/mol. The Kier molecular flexibility index (Phi) is 5.22. The third kappa shape index (κ3) is 3.62. The van der Waals surface area contributed by atoms with Gasteiger partial charge in [0.15, 0.2) is 0 Å². The zero-order chi connectivity index (χ0) is 17.9. The number of amides is 1. The van der Waals surface area contributed by atoms with E-state index in [9.17, 15) is 4.79 Å². The Bertz CT molecular complexity index is 748. The zero-order valence-electron chi connectivity index (χ0n) is 15.2. The number of rotatable bonds is 3. The van der Waals surface area contributed by atoms with Crippen molar-refractivity contribution in [3.8, 4) is 11.1 Å². The van der Waals surface area contributed by atoms with Gasteiger partial charge in [-0.25, -0.2) is 0 Å². The smallest absolute Gasteiger partial charge is 0.264 e. The van der Waals surface area contributed by atoms with Gasteiger partial charge in [-0.05, 0) is 30.9 Å². The van der Waals surface area contributed by atoms with Gasteiger partial charge in [0.1, 0.15) is 0 Å². The van der Waals surface area contributed by atoms with Crippen LogP contribution in [0.2, 0.25) is 0 Å². The number of anilines is 1. The molecule has 4 heterocycles. The molecule has 0 unspecified atom stereocenters. The predicted molar refractivity (Wildman–Crippen MR) is 105 cm³/mol. The van der Waals surface area contributed by atoms with E-state index in [1.807, 2.05) is 17.2 Å². The molecule has 0 aromatic carbocycles. The van der Waals surface area contributed by atoms with Crippen molar-refractivity contribution < 1.29 is 9.53 Å². The Labute approximate surface area is 158 Å². The van der Waals surface area contributed by atoms with E-state index in [-0.39, 0.29) is 5.91 Å². The highest BCUT2D eigenvalue weighted by Crippen LogP contribution is 2.39. The van der Waals surface area contributed by atoms with Gasteiger partial charge >= 0.3 is 0 Å². The summed E-state index contributed by atoms with van der Waals surface area (Å²) in [6, 6.07) is 6.08. The molecule has 0 atom stereocenters. The molecule has 138 valence electrons. The molecule has 1 amide bonds. The Morgan fingerprint density at radius 1 is 1.23 bits per heavy atom. The van der Waals surface area contributed by atoms with Gasteiger partial charge in [0.05, 0.1) is 23.1 Å².